The normalized spacial score (nSPS) is 13.1. The highest BCUT2D eigenvalue weighted by Gasteiger charge is 2.29. The Bertz CT molecular complexity index is 853. The summed E-state index contributed by atoms with van der Waals surface area (Å²) >= 11 is 0. The Morgan fingerprint density at radius 1 is 1.05 bits per heavy atom. The number of aromatic nitrogens is 2. The Labute approximate surface area is 121 Å². The minimum absolute atomic E-state index is 0.000394. The van der Waals surface area contributed by atoms with Gasteiger partial charge in [-0.15, -0.1) is 0 Å². The average molecular weight is 276 g/mol. The Hall–Kier alpha value is -2.95. The number of hydrogen-bond acceptors (Lipinski definition) is 4. The summed E-state index contributed by atoms with van der Waals surface area (Å²) in [5, 5.41) is 2.08. The number of carbonyl (C=O) groups excluding carboxylic acids is 1. The van der Waals surface area contributed by atoms with E-state index in [1.54, 1.807) is 11.1 Å². The number of carbonyl (C=O) groups is 1. The maximum atomic E-state index is 12.6. The summed E-state index contributed by atoms with van der Waals surface area (Å²) < 4.78 is 0. The van der Waals surface area contributed by atoms with Crippen molar-refractivity contribution >= 4 is 28.2 Å². The molecule has 5 heteroatoms. The summed E-state index contributed by atoms with van der Waals surface area (Å²) in [5.41, 5.74) is 7.91. The Morgan fingerprint density at radius 3 is 2.62 bits per heavy atom. The first-order valence-electron chi connectivity index (χ1n) is 6.64. The van der Waals surface area contributed by atoms with Crippen molar-refractivity contribution in [3.8, 4) is 0 Å². The highest BCUT2D eigenvalue weighted by Crippen LogP contribution is 2.37. The van der Waals surface area contributed by atoms with E-state index in [0.29, 0.717) is 18.1 Å². The molecule has 0 radical (unpaired) electrons. The Balaban J connectivity index is 1.80. The Kier molecular flexibility index (Phi) is 2.41. The molecule has 5 nitrogen and oxygen atoms in total. The van der Waals surface area contributed by atoms with Gasteiger partial charge in [-0.05, 0) is 17.5 Å². The van der Waals surface area contributed by atoms with Crippen molar-refractivity contribution in [2.24, 2.45) is 0 Å². The zero-order chi connectivity index (χ0) is 14.4. The lowest BCUT2D eigenvalue weighted by atomic mass is 10.1. The predicted molar refractivity (Wildman–Crippen MR) is 80.9 cm³/mol. The first-order chi connectivity index (χ1) is 10.2. The number of hydrogen-bond donors (Lipinski definition) is 1. The maximum absolute atomic E-state index is 12.6. The van der Waals surface area contributed by atoms with Crippen LogP contribution in [0.4, 0.5) is 11.5 Å². The number of anilines is 2. The minimum atomic E-state index is 0.000394. The predicted octanol–water partition coefficient (Wildman–Crippen LogP) is 2.37. The first kappa shape index (κ1) is 11.8. The summed E-state index contributed by atoms with van der Waals surface area (Å²) in [7, 11) is 0. The number of nitrogen functional groups attached to an aromatic ring is 1. The summed E-state index contributed by atoms with van der Waals surface area (Å²) in [6.45, 7) is 0.389. The lowest BCUT2D eigenvalue weighted by molar-refractivity contribution is 0.0991. The van der Waals surface area contributed by atoms with Gasteiger partial charge < -0.3 is 10.6 Å². The lowest BCUT2D eigenvalue weighted by Gasteiger charge is -2.16. The van der Waals surface area contributed by atoms with Crippen molar-refractivity contribution in [1.82, 2.24) is 9.97 Å². The summed E-state index contributed by atoms with van der Waals surface area (Å²) in [6.07, 6.45) is 3.11. The van der Waals surface area contributed by atoms with E-state index in [1.807, 2.05) is 36.4 Å². The van der Waals surface area contributed by atoms with Crippen LogP contribution < -0.4 is 10.6 Å². The molecule has 1 aliphatic rings. The molecule has 0 bridgehead atoms. The van der Waals surface area contributed by atoms with Crippen LogP contribution in [0, 0.1) is 0 Å². The highest BCUT2D eigenvalue weighted by molar-refractivity contribution is 6.24. The second kappa shape index (κ2) is 4.28. The molecule has 0 spiro atoms. The van der Waals surface area contributed by atoms with Gasteiger partial charge in [0.05, 0.1) is 30.3 Å². The van der Waals surface area contributed by atoms with Crippen LogP contribution >= 0.6 is 0 Å². The van der Waals surface area contributed by atoms with Crippen molar-refractivity contribution in [2.45, 2.75) is 6.54 Å². The monoisotopic (exact) mass is 276 g/mol. The van der Waals surface area contributed by atoms with Crippen LogP contribution in [0.25, 0.3) is 10.8 Å². The molecule has 0 aliphatic carbocycles. The van der Waals surface area contributed by atoms with E-state index in [2.05, 4.69) is 9.97 Å². The van der Waals surface area contributed by atoms with Gasteiger partial charge in [0.2, 0.25) is 0 Å². The molecule has 4 rings (SSSR count). The van der Waals surface area contributed by atoms with Crippen LogP contribution in [0.3, 0.4) is 0 Å². The van der Waals surface area contributed by atoms with E-state index in [4.69, 9.17) is 5.73 Å². The van der Waals surface area contributed by atoms with Crippen molar-refractivity contribution in [1.29, 1.82) is 0 Å². The standard InChI is InChI=1S/C16H12N4O/c17-14-8-18-11(7-19-14)9-20-13-6-2-4-10-3-1-5-12(15(10)13)16(20)21/h1-8H,9H2,(H2,17,19). The quantitative estimate of drug-likeness (QED) is 0.780. The molecule has 102 valence electrons. The molecule has 1 aliphatic heterocycles. The van der Waals surface area contributed by atoms with Gasteiger partial charge in [-0.3, -0.25) is 9.78 Å². The third kappa shape index (κ3) is 1.74. The fraction of sp³-hybridized carbons (Fsp3) is 0.0625. The first-order valence-corrected chi connectivity index (χ1v) is 6.64. The van der Waals surface area contributed by atoms with Crippen molar-refractivity contribution in [3.63, 3.8) is 0 Å². The smallest absolute Gasteiger partial charge is 0.259 e. The fourth-order valence-corrected chi connectivity index (χ4v) is 2.74. The topological polar surface area (TPSA) is 72.1 Å². The number of nitrogens with zero attached hydrogens (tertiary/aromatic N) is 3. The molecule has 0 atom stereocenters. The van der Waals surface area contributed by atoms with Crippen LogP contribution in [0.2, 0.25) is 0 Å². The van der Waals surface area contributed by atoms with E-state index in [0.717, 1.165) is 22.0 Å². The number of amides is 1. The third-order valence-electron chi connectivity index (χ3n) is 3.69. The second-order valence-corrected chi connectivity index (χ2v) is 5.00. The lowest BCUT2D eigenvalue weighted by Crippen LogP contribution is -2.26. The maximum Gasteiger partial charge on any atom is 0.259 e. The van der Waals surface area contributed by atoms with Crippen molar-refractivity contribution in [2.75, 3.05) is 10.6 Å². The van der Waals surface area contributed by atoms with E-state index in [-0.39, 0.29) is 5.91 Å². The third-order valence-corrected chi connectivity index (χ3v) is 3.69. The van der Waals surface area contributed by atoms with Gasteiger partial charge in [-0.2, -0.15) is 0 Å². The van der Waals surface area contributed by atoms with Crippen molar-refractivity contribution < 1.29 is 4.79 Å². The molecular weight excluding hydrogens is 264 g/mol. The molecule has 2 aromatic carbocycles. The molecule has 3 aromatic rings. The van der Waals surface area contributed by atoms with Crippen LogP contribution in [0.5, 0.6) is 0 Å². The minimum Gasteiger partial charge on any atom is -0.382 e. The summed E-state index contributed by atoms with van der Waals surface area (Å²) in [4.78, 5) is 22.6. The highest BCUT2D eigenvalue weighted by atomic mass is 16.2. The fourth-order valence-electron chi connectivity index (χ4n) is 2.74. The largest absolute Gasteiger partial charge is 0.382 e. The van der Waals surface area contributed by atoms with E-state index >= 15 is 0 Å². The van der Waals surface area contributed by atoms with Gasteiger partial charge in [0.1, 0.15) is 5.82 Å². The molecule has 2 N–H and O–H groups in total. The van der Waals surface area contributed by atoms with Gasteiger partial charge in [0.25, 0.3) is 5.91 Å². The van der Waals surface area contributed by atoms with Crippen LogP contribution in [0.1, 0.15) is 16.1 Å². The zero-order valence-corrected chi connectivity index (χ0v) is 11.2. The molecule has 0 fully saturated rings. The zero-order valence-electron chi connectivity index (χ0n) is 11.2. The molecule has 0 saturated carbocycles. The summed E-state index contributed by atoms with van der Waals surface area (Å²) in [6, 6.07) is 11.7. The number of nitrogens with two attached hydrogens (primary N) is 1. The number of rotatable bonds is 2. The van der Waals surface area contributed by atoms with Crippen LogP contribution in [-0.2, 0) is 6.54 Å². The van der Waals surface area contributed by atoms with E-state index in [1.165, 1.54) is 6.20 Å². The summed E-state index contributed by atoms with van der Waals surface area (Å²) in [5.74, 6) is 0.373. The number of benzene rings is 2. The Morgan fingerprint density at radius 2 is 1.86 bits per heavy atom. The molecule has 1 amide bonds. The van der Waals surface area contributed by atoms with Gasteiger partial charge in [-0.25, -0.2) is 4.98 Å². The van der Waals surface area contributed by atoms with E-state index < -0.39 is 0 Å². The van der Waals surface area contributed by atoms with Gasteiger partial charge >= 0.3 is 0 Å². The second-order valence-electron chi connectivity index (χ2n) is 5.00. The van der Waals surface area contributed by atoms with Gasteiger partial charge in [-0.1, -0.05) is 24.3 Å². The molecule has 0 saturated heterocycles. The molecule has 2 heterocycles. The SMILES string of the molecule is Nc1cnc(CN2C(=O)c3cccc4cccc2c34)cn1. The van der Waals surface area contributed by atoms with Crippen LogP contribution in [0.15, 0.2) is 48.8 Å². The average Bonchev–Trinajstić information content (AvgIpc) is 2.78. The molecule has 0 unspecified atom stereocenters. The van der Waals surface area contributed by atoms with E-state index in [9.17, 15) is 4.79 Å². The van der Waals surface area contributed by atoms with Gasteiger partial charge in [0, 0.05) is 10.9 Å². The molecule has 1 aromatic heterocycles. The molecular formula is C16H12N4O. The van der Waals surface area contributed by atoms with Crippen LogP contribution in [-0.4, -0.2) is 15.9 Å². The van der Waals surface area contributed by atoms with Gasteiger partial charge in [0.15, 0.2) is 0 Å². The molecule has 21 heavy (non-hydrogen) atoms. The van der Waals surface area contributed by atoms with Crippen molar-refractivity contribution in [3.05, 3.63) is 60.0 Å².